The van der Waals surface area contributed by atoms with Gasteiger partial charge in [-0.25, -0.2) is 12.7 Å². The van der Waals surface area contributed by atoms with Crippen LogP contribution in [0.25, 0.3) is 0 Å². The molecule has 1 heterocycles. The molecule has 1 atom stereocenters. The molecule has 0 bridgehead atoms. The van der Waals surface area contributed by atoms with Crippen molar-refractivity contribution in [3.63, 3.8) is 0 Å². The number of benzene rings is 1. The summed E-state index contributed by atoms with van der Waals surface area (Å²) in [6.07, 6.45) is 3.59. The van der Waals surface area contributed by atoms with Crippen LogP contribution in [0.4, 0.5) is 0 Å². The summed E-state index contributed by atoms with van der Waals surface area (Å²) >= 11 is 0. The maximum absolute atomic E-state index is 12.1. The van der Waals surface area contributed by atoms with E-state index in [1.165, 1.54) is 17.1 Å². The lowest BCUT2D eigenvalue weighted by atomic mass is 9.94. The molecule has 2 N–H and O–H groups in total. The predicted octanol–water partition coefficient (Wildman–Crippen LogP) is 1.50. The summed E-state index contributed by atoms with van der Waals surface area (Å²) in [5, 5.41) is 0. The van der Waals surface area contributed by atoms with Gasteiger partial charge >= 0.3 is 0 Å². The summed E-state index contributed by atoms with van der Waals surface area (Å²) in [7, 11) is -0.237. The topological polar surface area (TPSA) is 66.6 Å². The van der Waals surface area contributed by atoms with Gasteiger partial charge in [0.05, 0.1) is 4.90 Å². The van der Waals surface area contributed by atoms with Gasteiger partial charge in [0.2, 0.25) is 10.0 Å². The molecular formula is C16H27N3O2S. The lowest BCUT2D eigenvalue weighted by molar-refractivity contribution is 0.163. The summed E-state index contributed by atoms with van der Waals surface area (Å²) < 4.78 is 25.3. The first-order valence-electron chi connectivity index (χ1n) is 7.87. The number of nitrogens with zero attached hydrogens (tertiary/aromatic N) is 2. The second-order valence-electron chi connectivity index (χ2n) is 6.25. The Bertz CT molecular complexity index is 568. The van der Waals surface area contributed by atoms with Crippen LogP contribution in [0.1, 0.15) is 24.8 Å². The van der Waals surface area contributed by atoms with E-state index < -0.39 is 10.0 Å². The van der Waals surface area contributed by atoms with Gasteiger partial charge in [-0.1, -0.05) is 12.1 Å². The Morgan fingerprint density at radius 1 is 1.27 bits per heavy atom. The molecule has 22 heavy (non-hydrogen) atoms. The number of rotatable bonds is 6. The molecule has 0 aliphatic carbocycles. The van der Waals surface area contributed by atoms with Gasteiger partial charge in [-0.15, -0.1) is 0 Å². The second kappa shape index (κ2) is 7.55. The van der Waals surface area contributed by atoms with Crippen LogP contribution in [0.2, 0.25) is 0 Å². The van der Waals surface area contributed by atoms with Gasteiger partial charge in [-0.2, -0.15) is 0 Å². The Hall–Kier alpha value is -0.950. The molecule has 5 nitrogen and oxygen atoms in total. The first-order valence-corrected chi connectivity index (χ1v) is 9.31. The zero-order valence-corrected chi connectivity index (χ0v) is 14.3. The Labute approximate surface area is 134 Å². The van der Waals surface area contributed by atoms with E-state index in [-0.39, 0.29) is 0 Å². The number of hydrogen-bond donors (Lipinski definition) is 1. The van der Waals surface area contributed by atoms with Crippen LogP contribution in [0, 0.1) is 5.92 Å². The molecule has 0 saturated carbocycles. The maximum Gasteiger partial charge on any atom is 0.242 e. The van der Waals surface area contributed by atoms with Crippen molar-refractivity contribution >= 4 is 10.0 Å². The summed E-state index contributed by atoms with van der Waals surface area (Å²) in [5.41, 5.74) is 6.82. The Morgan fingerprint density at radius 3 is 2.55 bits per heavy atom. The average molecular weight is 325 g/mol. The van der Waals surface area contributed by atoms with Crippen LogP contribution in [0.5, 0.6) is 0 Å². The van der Waals surface area contributed by atoms with E-state index in [9.17, 15) is 8.42 Å². The van der Waals surface area contributed by atoms with E-state index in [0.29, 0.717) is 10.8 Å². The fourth-order valence-corrected chi connectivity index (χ4v) is 3.90. The second-order valence-corrected chi connectivity index (χ2v) is 8.40. The lowest BCUT2D eigenvalue weighted by Gasteiger charge is -2.32. The van der Waals surface area contributed by atoms with Crippen molar-refractivity contribution in [2.24, 2.45) is 11.7 Å². The fraction of sp³-hybridized carbons (Fsp3) is 0.625. The number of nitrogens with two attached hydrogens (primary N) is 1. The smallest absolute Gasteiger partial charge is 0.242 e. The predicted molar refractivity (Wildman–Crippen MR) is 89.0 cm³/mol. The van der Waals surface area contributed by atoms with Crippen LogP contribution in [-0.2, 0) is 16.6 Å². The van der Waals surface area contributed by atoms with Gasteiger partial charge in [0, 0.05) is 27.2 Å². The Balaban J connectivity index is 1.99. The van der Waals surface area contributed by atoms with E-state index in [2.05, 4.69) is 4.90 Å². The van der Waals surface area contributed by atoms with Gasteiger partial charge in [-0.3, -0.25) is 4.90 Å². The van der Waals surface area contributed by atoms with Gasteiger partial charge in [0.25, 0.3) is 0 Å². The van der Waals surface area contributed by atoms with Crippen molar-refractivity contribution in [3.8, 4) is 0 Å². The minimum absolute atomic E-state index is 0.348. The van der Waals surface area contributed by atoms with Gasteiger partial charge in [0.15, 0.2) is 0 Å². The highest BCUT2D eigenvalue weighted by atomic mass is 32.2. The highest BCUT2D eigenvalue weighted by Crippen LogP contribution is 2.21. The summed E-state index contributed by atoms with van der Waals surface area (Å²) in [6.45, 7) is 3.84. The van der Waals surface area contributed by atoms with Crippen molar-refractivity contribution in [1.82, 2.24) is 9.21 Å². The number of piperidine rings is 1. The molecule has 1 aromatic rings. The molecule has 1 saturated heterocycles. The largest absolute Gasteiger partial charge is 0.330 e. The normalized spacial score (nSPS) is 20.5. The number of hydrogen-bond acceptors (Lipinski definition) is 4. The molecule has 1 aliphatic rings. The third-order valence-corrected chi connectivity index (χ3v) is 6.12. The highest BCUT2D eigenvalue weighted by Gasteiger charge is 2.20. The van der Waals surface area contributed by atoms with Crippen LogP contribution >= 0.6 is 0 Å². The average Bonchev–Trinajstić information content (AvgIpc) is 2.48. The van der Waals surface area contributed by atoms with E-state index in [0.717, 1.165) is 38.2 Å². The van der Waals surface area contributed by atoms with Crippen LogP contribution < -0.4 is 5.73 Å². The van der Waals surface area contributed by atoms with Crippen molar-refractivity contribution in [2.45, 2.75) is 30.7 Å². The summed E-state index contributed by atoms with van der Waals surface area (Å²) in [4.78, 5) is 2.79. The molecule has 1 fully saturated rings. The quantitative estimate of drug-likeness (QED) is 0.861. The monoisotopic (exact) mass is 325 g/mol. The first kappa shape index (κ1) is 17.4. The molecule has 0 amide bonds. The number of likely N-dealkylation sites (tertiary alicyclic amines) is 1. The van der Waals surface area contributed by atoms with E-state index in [1.807, 2.05) is 12.1 Å². The molecule has 124 valence electrons. The zero-order valence-electron chi connectivity index (χ0n) is 13.5. The molecule has 2 rings (SSSR count). The molecule has 6 heteroatoms. The molecule has 1 aliphatic heterocycles. The van der Waals surface area contributed by atoms with Crippen molar-refractivity contribution < 1.29 is 8.42 Å². The first-order chi connectivity index (χ1) is 10.4. The van der Waals surface area contributed by atoms with E-state index >= 15 is 0 Å². The maximum atomic E-state index is 12.1. The van der Waals surface area contributed by atoms with Gasteiger partial charge in [0.1, 0.15) is 0 Å². The van der Waals surface area contributed by atoms with Gasteiger partial charge < -0.3 is 5.73 Å². The summed E-state index contributed by atoms with van der Waals surface area (Å²) in [6, 6.07) is 7.24. The molecular weight excluding hydrogens is 298 g/mol. The van der Waals surface area contributed by atoms with Crippen LogP contribution in [-0.4, -0.2) is 51.4 Å². The van der Waals surface area contributed by atoms with Crippen molar-refractivity contribution in [3.05, 3.63) is 29.8 Å². The minimum atomic E-state index is -3.34. The Morgan fingerprint density at radius 2 is 1.95 bits per heavy atom. The molecule has 0 radical (unpaired) electrons. The molecule has 1 unspecified atom stereocenters. The van der Waals surface area contributed by atoms with Crippen molar-refractivity contribution in [2.75, 3.05) is 33.7 Å². The molecule has 0 spiro atoms. The van der Waals surface area contributed by atoms with E-state index in [4.69, 9.17) is 5.73 Å². The van der Waals surface area contributed by atoms with Crippen LogP contribution in [0.15, 0.2) is 29.2 Å². The molecule has 0 aromatic heterocycles. The fourth-order valence-electron chi connectivity index (χ4n) is 3.00. The lowest BCUT2D eigenvalue weighted by Crippen LogP contribution is -2.35. The van der Waals surface area contributed by atoms with E-state index in [1.54, 1.807) is 26.2 Å². The summed E-state index contributed by atoms with van der Waals surface area (Å²) in [5.74, 6) is 0.701. The molecule has 1 aromatic carbocycles. The zero-order chi connectivity index (χ0) is 16.2. The SMILES string of the molecule is CN(C)S(=O)(=O)c1ccc(CN2CCCC(CCN)C2)cc1. The minimum Gasteiger partial charge on any atom is -0.330 e. The Kier molecular flexibility index (Phi) is 5.97. The third kappa shape index (κ3) is 4.29. The third-order valence-electron chi connectivity index (χ3n) is 4.29. The standard InChI is InChI=1S/C16H27N3O2S/c1-18(2)22(20,21)16-7-5-15(6-8-16)13-19-11-3-4-14(12-19)9-10-17/h5-8,14H,3-4,9-13,17H2,1-2H3. The van der Waals surface area contributed by atoms with Crippen molar-refractivity contribution in [1.29, 1.82) is 0 Å². The number of sulfonamides is 1. The highest BCUT2D eigenvalue weighted by molar-refractivity contribution is 7.89. The van der Waals surface area contributed by atoms with Crippen LogP contribution in [0.3, 0.4) is 0 Å². The van der Waals surface area contributed by atoms with Gasteiger partial charge in [-0.05, 0) is 56.0 Å².